The first-order valence-corrected chi connectivity index (χ1v) is 5.84. The van der Waals surface area contributed by atoms with Crippen molar-refractivity contribution < 1.29 is 4.74 Å². The Balaban J connectivity index is 2.11. The van der Waals surface area contributed by atoms with Crippen LogP contribution < -0.4 is 4.90 Å². The highest BCUT2D eigenvalue weighted by molar-refractivity contribution is 6.29. The normalized spacial score (nSPS) is 21.1. The molecule has 2 aromatic rings. The molecule has 1 fully saturated rings. The number of aromatic nitrogens is 4. The van der Waals surface area contributed by atoms with Gasteiger partial charge in [-0.1, -0.05) is 11.6 Å². The molecule has 0 amide bonds. The highest BCUT2D eigenvalue weighted by Crippen LogP contribution is 2.22. The highest BCUT2D eigenvalue weighted by Gasteiger charge is 2.22. The fraction of sp³-hybridized carbons (Fsp3) is 0.500. The Morgan fingerprint density at radius 3 is 3.24 bits per heavy atom. The number of fused-ring (bicyclic) bond motifs is 1. The van der Waals surface area contributed by atoms with E-state index >= 15 is 0 Å². The van der Waals surface area contributed by atoms with Crippen molar-refractivity contribution >= 4 is 23.2 Å². The second-order valence-electron chi connectivity index (χ2n) is 4.03. The molecule has 3 rings (SSSR count). The predicted molar refractivity (Wildman–Crippen MR) is 63.4 cm³/mol. The largest absolute Gasteiger partial charge is 0.377 e. The van der Waals surface area contributed by atoms with E-state index in [9.17, 15) is 0 Å². The minimum Gasteiger partial charge on any atom is -0.377 e. The molecule has 0 bridgehead atoms. The Morgan fingerprint density at radius 2 is 2.41 bits per heavy atom. The smallest absolute Gasteiger partial charge is 0.255 e. The number of nitrogens with zero attached hydrogens (tertiary/aromatic N) is 5. The summed E-state index contributed by atoms with van der Waals surface area (Å²) in [6, 6.07) is 2.10. The molecule has 1 aliphatic rings. The van der Waals surface area contributed by atoms with Gasteiger partial charge in [0, 0.05) is 12.6 Å². The number of rotatable bonds is 1. The van der Waals surface area contributed by atoms with Crippen LogP contribution in [0.1, 0.15) is 6.92 Å². The van der Waals surface area contributed by atoms with Gasteiger partial charge in [-0.3, -0.25) is 0 Å². The van der Waals surface area contributed by atoms with Gasteiger partial charge in [0.15, 0.2) is 0 Å². The van der Waals surface area contributed by atoms with E-state index in [2.05, 4.69) is 26.9 Å². The minimum absolute atomic E-state index is 0.287. The fourth-order valence-corrected chi connectivity index (χ4v) is 2.21. The Hall–Kier alpha value is -1.40. The average molecular weight is 254 g/mol. The maximum Gasteiger partial charge on any atom is 0.255 e. The van der Waals surface area contributed by atoms with E-state index in [4.69, 9.17) is 16.3 Å². The van der Waals surface area contributed by atoms with Crippen LogP contribution in [0.5, 0.6) is 0 Å². The van der Waals surface area contributed by atoms with Crippen molar-refractivity contribution in [1.82, 2.24) is 19.6 Å². The lowest BCUT2D eigenvalue weighted by molar-refractivity contribution is 0.0983. The van der Waals surface area contributed by atoms with Gasteiger partial charge in [-0.25, -0.2) is 0 Å². The van der Waals surface area contributed by atoms with Crippen molar-refractivity contribution in [3.05, 3.63) is 17.5 Å². The molecule has 1 atom stereocenters. The fourth-order valence-electron chi connectivity index (χ4n) is 2.04. The van der Waals surface area contributed by atoms with Gasteiger partial charge in [0.25, 0.3) is 5.78 Å². The monoisotopic (exact) mass is 253 g/mol. The lowest BCUT2D eigenvalue weighted by Gasteiger charge is -2.34. The summed E-state index contributed by atoms with van der Waals surface area (Å²) in [5.74, 6) is 1.43. The van der Waals surface area contributed by atoms with Crippen LogP contribution in [0.3, 0.4) is 0 Å². The summed E-state index contributed by atoms with van der Waals surface area (Å²) in [6.45, 7) is 4.34. The number of anilines is 1. The van der Waals surface area contributed by atoms with Gasteiger partial charge in [-0.15, -0.1) is 0 Å². The molecule has 7 heteroatoms. The first kappa shape index (κ1) is 10.7. The summed E-state index contributed by atoms with van der Waals surface area (Å²) >= 11 is 6.00. The number of hydrogen-bond acceptors (Lipinski definition) is 5. The number of halogens is 1. The van der Waals surface area contributed by atoms with Crippen LogP contribution in [0.4, 0.5) is 5.82 Å². The number of morpholine rings is 1. The minimum atomic E-state index is 0.287. The van der Waals surface area contributed by atoms with E-state index in [0.29, 0.717) is 24.1 Å². The van der Waals surface area contributed by atoms with Gasteiger partial charge in [0.1, 0.15) is 17.3 Å². The second-order valence-corrected chi connectivity index (χ2v) is 4.41. The van der Waals surface area contributed by atoms with Crippen molar-refractivity contribution in [2.45, 2.75) is 13.0 Å². The maximum absolute atomic E-state index is 6.00. The van der Waals surface area contributed by atoms with E-state index in [1.807, 2.05) is 6.07 Å². The van der Waals surface area contributed by atoms with E-state index in [1.54, 1.807) is 4.52 Å². The molecule has 6 nitrogen and oxygen atoms in total. The molecule has 0 radical (unpaired) electrons. The standard InChI is InChI=1S/C10H12ClN5O/c1-7-5-17-3-2-15(7)9-4-8(11)14-10-12-6-13-16(9)10/h4,6-7H,2-3,5H2,1H3. The van der Waals surface area contributed by atoms with Crippen molar-refractivity contribution in [2.75, 3.05) is 24.7 Å². The zero-order valence-corrected chi connectivity index (χ0v) is 10.1. The van der Waals surface area contributed by atoms with Crippen LogP contribution >= 0.6 is 11.6 Å². The maximum atomic E-state index is 6.00. The molecular weight excluding hydrogens is 242 g/mol. The van der Waals surface area contributed by atoms with Crippen LogP contribution in [-0.4, -0.2) is 45.4 Å². The molecule has 90 valence electrons. The van der Waals surface area contributed by atoms with Crippen LogP contribution in [0, 0.1) is 0 Å². The molecule has 0 N–H and O–H groups in total. The Kier molecular flexibility index (Phi) is 2.60. The van der Waals surface area contributed by atoms with E-state index in [0.717, 1.165) is 12.4 Å². The van der Waals surface area contributed by atoms with Gasteiger partial charge in [0.2, 0.25) is 0 Å². The molecule has 0 aliphatic carbocycles. The van der Waals surface area contributed by atoms with Crippen LogP contribution in [0.25, 0.3) is 5.78 Å². The predicted octanol–water partition coefficient (Wildman–Crippen LogP) is 1.00. The van der Waals surface area contributed by atoms with Crippen molar-refractivity contribution in [3.63, 3.8) is 0 Å². The zero-order valence-electron chi connectivity index (χ0n) is 9.38. The molecule has 2 aromatic heterocycles. The molecule has 0 saturated carbocycles. The first-order chi connectivity index (χ1) is 8.25. The summed E-state index contributed by atoms with van der Waals surface area (Å²) < 4.78 is 7.12. The SMILES string of the molecule is CC1COCCN1c1cc(Cl)nc2ncnn12. The Morgan fingerprint density at radius 1 is 1.53 bits per heavy atom. The molecule has 1 aliphatic heterocycles. The Labute approximate surface area is 103 Å². The van der Waals surface area contributed by atoms with Gasteiger partial charge >= 0.3 is 0 Å². The van der Waals surface area contributed by atoms with Crippen molar-refractivity contribution in [2.24, 2.45) is 0 Å². The molecule has 1 saturated heterocycles. The number of ether oxygens (including phenoxy) is 1. The molecule has 3 heterocycles. The third-order valence-electron chi connectivity index (χ3n) is 2.86. The molecule has 1 unspecified atom stereocenters. The summed E-state index contributed by atoms with van der Waals surface area (Å²) in [7, 11) is 0. The molecule has 0 spiro atoms. The van der Waals surface area contributed by atoms with Crippen LogP contribution in [0.2, 0.25) is 5.15 Å². The van der Waals surface area contributed by atoms with Crippen molar-refractivity contribution in [1.29, 1.82) is 0 Å². The molecule has 17 heavy (non-hydrogen) atoms. The summed E-state index contributed by atoms with van der Waals surface area (Å²) in [5.41, 5.74) is 0. The van der Waals surface area contributed by atoms with Gasteiger partial charge < -0.3 is 9.64 Å². The second kappa shape index (κ2) is 4.12. The van der Waals surface area contributed by atoms with Gasteiger partial charge in [0.05, 0.1) is 19.3 Å². The summed E-state index contributed by atoms with van der Waals surface area (Å²) in [5, 5.41) is 4.60. The van der Waals surface area contributed by atoms with Crippen LogP contribution in [0.15, 0.2) is 12.4 Å². The van der Waals surface area contributed by atoms with E-state index in [-0.39, 0.29) is 6.04 Å². The van der Waals surface area contributed by atoms with E-state index in [1.165, 1.54) is 6.33 Å². The summed E-state index contributed by atoms with van der Waals surface area (Å²) in [4.78, 5) is 10.4. The highest BCUT2D eigenvalue weighted by atomic mass is 35.5. The van der Waals surface area contributed by atoms with Gasteiger partial charge in [-0.05, 0) is 6.92 Å². The van der Waals surface area contributed by atoms with Crippen LogP contribution in [-0.2, 0) is 4.74 Å². The van der Waals surface area contributed by atoms with Crippen molar-refractivity contribution in [3.8, 4) is 0 Å². The lowest BCUT2D eigenvalue weighted by atomic mass is 10.2. The van der Waals surface area contributed by atoms with E-state index < -0.39 is 0 Å². The third kappa shape index (κ3) is 1.83. The molecular formula is C10H12ClN5O. The lowest BCUT2D eigenvalue weighted by Crippen LogP contribution is -2.44. The average Bonchev–Trinajstić information content (AvgIpc) is 2.76. The topological polar surface area (TPSA) is 55.5 Å². The van der Waals surface area contributed by atoms with Gasteiger partial charge in [-0.2, -0.15) is 19.6 Å². The quantitative estimate of drug-likeness (QED) is 0.710. The summed E-state index contributed by atoms with van der Waals surface area (Å²) in [6.07, 6.45) is 1.48. The third-order valence-corrected chi connectivity index (χ3v) is 3.06. The number of hydrogen-bond donors (Lipinski definition) is 0. The molecule has 0 aromatic carbocycles. The first-order valence-electron chi connectivity index (χ1n) is 5.46. The Bertz CT molecular complexity index is 542. The zero-order chi connectivity index (χ0) is 11.8.